The van der Waals surface area contributed by atoms with Crippen molar-refractivity contribution < 1.29 is 14.3 Å². The largest absolute Gasteiger partial charge is 0.493 e. The van der Waals surface area contributed by atoms with Crippen LogP contribution in [-0.2, 0) is 9.53 Å². The first-order valence-electron chi connectivity index (χ1n) is 7.30. The SMILES string of the molecule is COC(=O)C1CCCN(CC2COc3ccccc32)C1. The van der Waals surface area contributed by atoms with Gasteiger partial charge in [-0.25, -0.2) is 0 Å². The van der Waals surface area contributed by atoms with Crippen molar-refractivity contribution in [1.29, 1.82) is 0 Å². The summed E-state index contributed by atoms with van der Waals surface area (Å²) in [6.07, 6.45) is 2.01. The zero-order chi connectivity index (χ0) is 13.9. The average molecular weight is 275 g/mol. The predicted molar refractivity (Wildman–Crippen MR) is 75.9 cm³/mol. The van der Waals surface area contributed by atoms with Crippen molar-refractivity contribution in [2.75, 3.05) is 33.4 Å². The molecule has 1 fully saturated rings. The molecule has 0 aromatic heterocycles. The van der Waals surface area contributed by atoms with E-state index in [1.54, 1.807) is 0 Å². The number of rotatable bonds is 3. The minimum Gasteiger partial charge on any atom is -0.493 e. The summed E-state index contributed by atoms with van der Waals surface area (Å²) < 4.78 is 10.6. The van der Waals surface area contributed by atoms with Crippen molar-refractivity contribution >= 4 is 5.97 Å². The molecule has 2 atom stereocenters. The number of carbonyl (C=O) groups excluding carboxylic acids is 1. The molecule has 0 aliphatic carbocycles. The highest BCUT2D eigenvalue weighted by atomic mass is 16.5. The number of para-hydroxylation sites is 1. The van der Waals surface area contributed by atoms with Crippen LogP contribution < -0.4 is 4.74 Å². The molecule has 2 aliphatic rings. The van der Waals surface area contributed by atoms with Gasteiger partial charge in [-0.3, -0.25) is 4.79 Å². The highest BCUT2D eigenvalue weighted by Gasteiger charge is 2.30. The van der Waals surface area contributed by atoms with Gasteiger partial charge in [0.05, 0.1) is 19.6 Å². The van der Waals surface area contributed by atoms with Crippen molar-refractivity contribution in [1.82, 2.24) is 4.90 Å². The molecule has 0 spiro atoms. The molecular weight excluding hydrogens is 254 g/mol. The van der Waals surface area contributed by atoms with Crippen LogP contribution in [0.4, 0.5) is 0 Å². The second-order valence-electron chi connectivity index (χ2n) is 5.67. The first-order valence-corrected chi connectivity index (χ1v) is 7.30. The molecular formula is C16H21NO3. The van der Waals surface area contributed by atoms with E-state index in [0.29, 0.717) is 5.92 Å². The third-order valence-electron chi connectivity index (χ3n) is 4.32. The number of methoxy groups -OCH3 is 1. The maximum absolute atomic E-state index is 11.7. The van der Waals surface area contributed by atoms with Gasteiger partial charge >= 0.3 is 5.97 Å². The monoisotopic (exact) mass is 275 g/mol. The van der Waals surface area contributed by atoms with E-state index in [4.69, 9.17) is 9.47 Å². The maximum atomic E-state index is 11.7. The average Bonchev–Trinajstić information content (AvgIpc) is 2.90. The molecule has 1 aromatic rings. The smallest absolute Gasteiger partial charge is 0.309 e. The summed E-state index contributed by atoms with van der Waals surface area (Å²) in [6, 6.07) is 8.25. The number of likely N-dealkylation sites (tertiary alicyclic amines) is 1. The molecule has 0 bridgehead atoms. The van der Waals surface area contributed by atoms with Crippen molar-refractivity contribution in [3.05, 3.63) is 29.8 Å². The Labute approximate surface area is 119 Å². The Bertz CT molecular complexity index is 488. The lowest BCUT2D eigenvalue weighted by Gasteiger charge is -2.32. The van der Waals surface area contributed by atoms with Crippen LogP contribution in [0.15, 0.2) is 24.3 Å². The van der Waals surface area contributed by atoms with Crippen molar-refractivity contribution in [2.24, 2.45) is 5.92 Å². The highest BCUT2D eigenvalue weighted by Crippen LogP contribution is 2.34. The van der Waals surface area contributed by atoms with Crippen LogP contribution in [0.2, 0.25) is 0 Å². The molecule has 4 heteroatoms. The standard InChI is InChI=1S/C16H21NO3/c1-19-16(18)12-5-4-8-17(9-12)10-13-11-20-15-7-3-2-6-14(13)15/h2-3,6-7,12-13H,4-5,8-11H2,1H3. The number of piperidine rings is 1. The Kier molecular flexibility index (Phi) is 3.92. The fourth-order valence-electron chi connectivity index (χ4n) is 3.27. The molecule has 20 heavy (non-hydrogen) atoms. The second-order valence-corrected chi connectivity index (χ2v) is 5.67. The zero-order valence-electron chi connectivity index (χ0n) is 11.9. The molecule has 0 radical (unpaired) electrons. The third-order valence-corrected chi connectivity index (χ3v) is 4.32. The predicted octanol–water partition coefficient (Wildman–Crippen LogP) is 2.05. The number of fused-ring (bicyclic) bond motifs is 1. The summed E-state index contributed by atoms with van der Waals surface area (Å²) in [7, 11) is 1.47. The van der Waals surface area contributed by atoms with Crippen LogP contribution in [-0.4, -0.2) is 44.2 Å². The van der Waals surface area contributed by atoms with E-state index in [-0.39, 0.29) is 11.9 Å². The zero-order valence-corrected chi connectivity index (χ0v) is 11.9. The van der Waals surface area contributed by atoms with Gasteiger partial charge in [0.25, 0.3) is 0 Å². The quantitative estimate of drug-likeness (QED) is 0.791. The topological polar surface area (TPSA) is 38.8 Å². The molecule has 3 rings (SSSR count). The minimum absolute atomic E-state index is 0.0336. The Morgan fingerprint density at radius 3 is 3.15 bits per heavy atom. The Hall–Kier alpha value is -1.55. The third kappa shape index (κ3) is 2.66. The Morgan fingerprint density at radius 2 is 2.30 bits per heavy atom. The number of carbonyl (C=O) groups is 1. The summed E-state index contributed by atoms with van der Waals surface area (Å²) in [5.41, 5.74) is 1.30. The first kappa shape index (κ1) is 13.4. The van der Waals surface area contributed by atoms with E-state index in [0.717, 1.165) is 44.8 Å². The van der Waals surface area contributed by atoms with Gasteiger partial charge in [0.2, 0.25) is 0 Å². The number of nitrogens with zero attached hydrogens (tertiary/aromatic N) is 1. The van der Waals surface area contributed by atoms with Gasteiger partial charge in [-0.1, -0.05) is 18.2 Å². The van der Waals surface area contributed by atoms with Gasteiger partial charge in [0.15, 0.2) is 0 Å². The van der Waals surface area contributed by atoms with Crippen LogP contribution in [0.3, 0.4) is 0 Å². The summed E-state index contributed by atoms with van der Waals surface area (Å²) in [5, 5.41) is 0. The number of hydrogen-bond donors (Lipinski definition) is 0. The number of hydrogen-bond acceptors (Lipinski definition) is 4. The van der Waals surface area contributed by atoms with Crippen LogP contribution in [0.25, 0.3) is 0 Å². The van der Waals surface area contributed by atoms with Crippen LogP contribution in [0.5, 0.6) is 5.75 Å². The van der Waals surface area contributed by atoms with Gasteiger partial charge in [0, 0.05) is 24.6 Å². The van der Waals surface area contributed by atoms with Gasteiger partial charge in [0.1, 0.15) is 5.75 Å². The normalized spacial score (nSPS) is 25.9. The van der Waals surface area contributed by atoms with E-state index in [1.165, 1.54) is 12.7 Å². The molecule has 2 heterocycles. The maximum Gasteiger partial charge on any atom is 0.309 e. The van der Waals surface area contributed by atoms with E-state index in [9.17, 15) is 4.79 Å². The summed E-state index contributed by atoms with van der Waals surface area (Å²) in [4.78, 5) is 14.1. The fourth-order valence-corrected chi connectivity index (χ4v) is 3.27. The molecule has 108 valence electrons. The molecule has 1 aromatic carbocycles. The van der Waals surface area contributed by atoms with Gasteiger partial charge in [-0.05, 0) is 25.5 Å². The molecule has 2 unspecified atom stereocenters. The van der Waals surface area contributed by atoms with E-state index in [1.807, 2.05) is 12.1 Å². The minimum atomic E-state index is -0.0715. The summed E-state index contributed by atoms with van der Waals surface area (Å²) in [6.45, 7) is 3.58. The van der Waals surface area contributed by atoms with Crippen molar-refractivity contribution in [2.45, 2.75) is 18.8 Å². The fraction of sp³-hybridized carbons (Fsp3) is 0.562. The molecule has 0 amide bonds. The highest BCUT2D eigenvalue weighted by molar-refractivity contribution is 5.72. The lowest BCUT2D eigenvalue weighted by atomic mass is 9.95. The van der Waals surface area contributed by atoms with E-state index in [2.05, 4.69) is 17.0 Å². The summed E-state index contributed by atoms with van der Waals surface area (Å²) in [5.74, 6) is 1.39. The van der Waals surface area contributed by atoms with Crippen LogP contribution >= 0.6 is 0 Å². The van der Waals surface area contributed by atoms with Gasteiger partial charge < -0.3 is 14.4 Å². The Morgan fingerprint density at radius 1 is 1.45 bits per heavy atom. The number of esters is 1. The van der Waals surface area contributed by atoms with E-state index < -0.39 is 0 Å². The molecule has 0 N–H and O–H groups in total. The second kappa shape index (κ2) is 5.83. The van der Waals surface area contributed by atoms with Crippen molar-refractivity contribution in [3.8, 4) is 5.75 Å². The Balaban J connectivity index is 1.63. The first-order chi connectivity index (χ1) is 9.78. The van der Waals surface area contributed by atoms with Gasteiger partial charge in [-0.15, -0.1) is 0 Å². The molecule has 1 saturated heterocycles. The van der Waals surface area contributed by atoms with Crippen molar-refractivity contribution in [3.63, 3.8) is 0 Å². The summed E-state index contributed by atoms with van der Waals surface area (Å²) >= 11 is 0. The van der Waals surface area contributed by atoms with Gasteiger partial charge in [-0.2, -0.15) is 0 Å². The number of ether oxygens (including phenoxy) is 2. The van der Waals surface area contributed by atoms with Crippen LogP contribution in [0.1, 0.15) is 24.3 Å². The molecule has 4 nitrogen and oxygen atoms in total. The lowest BCUT2D eigenvalue weighted by Crippen LogP contribution is -2.41. The number of benzene rings is 1. The molecule has 0 saturated carbocycles. The lowest BCUT2D eigenvalue weighted by molar-refractivity contribution is -0.147. The van der Waals surface area contributed by atoms with Crippen LogP contribution in [0, 0.1) is 5.92 Å². The van der Waals surface area contributed by atoms with E-state index >= 15 is 0 Å². The molecule has 2 aliphatic heterocycles.